The van der Waals surface area contributed by atoms with E-state index in [0.29, 0.717) is 30.7 Å². The van der Waals surface area contributed by atoms with Crippen molar-refractivity contribution in [1.29, 1.82) is 0 Å². The molecule has 0 spiro atoms. The Labute approximate surface area is 123 Å². The van der Waals surface area contributed by atoms with Gasteiger partial charge in [0.2, 0.25) is 11.8 Å². The van der Waals surface area contributed by atoms with Crippen LogP contribution in [0.5, 0.6) is 17.5 Å². The van der Waals surface area contributed by atoms with Crippen molar-refractivity contribution in [2.75, 3.05) is 19.5 Å². The molecule has 0 amide bonds. The maximum Gasteiger partial charge on any atom is 0.244 e. The van der Waals surface area contributed by atoms with Gasteiger partial charge in [0.15, 0.2) is 5.69 Å². The van der Waals surface area contributed by atoms with E-state index in [1.54, 1.807) is 7.11 Å². The summed E-state index contributed by atoms with van der Waals surface area (Å²) in [6.07, 6.45) is 2.26. The Bertz CT molecular complexity index is 573. The minimum absolute atomic E-state index is 0.319. The maximum atomic E-state index is 5.94. The summed E-state index contributed by atoms with van der Waals surface area (Å²) in [5.41, 5.74) is 7.25. The molecule has 1 aromatic carbocycles. The molecule has 2 N–H and O–H groups in total. The van der Waals surface area contributed by atoms with Gasteiger partial charge in [0.05, 0.1) is 13.7 Å². The number of ether oxygens (including phenoxy) is 3. The Morgan fingerprint density at radius 3 is 2.33 bits per heavy atom. The summed E-state index contributed by atoms with van der Waals surface area (Å²) in [4.78, 5) is 8.03. The number of hydrogen-bond acceptors (Lipinski definition) is 6. The molecule has 0 saturated carbocycles. The average Bonchev–Trinajstić information content (AvgIpc) is 2.53. The van der Waals surface area contributed by atoms with Gasteiger partial charge in [-0.25, -0.2) is 0 Å². The van der Waals surface area contributed by atoms with E-state index in [1.165, 1.54) is 6.33 Å². The van der Waals surface area contributed by atoms with Crippen LogP contribution in [0.25, 0.3) is 0 Å². The van der Waals surface area contributed by atoms with Gasteiger partial charge >= 0.3 is 0 Å². The van der Waals surface area contributed by atoms with Crippen molar-refractivity contribution in [3.63, 3.8) is 0 Å². The van der Waals surface area contributed by atoms with Gasteiger partial charge in [-0.1, -0.05) is 19.1 Å². The summed E-state index contributed by atoms with van der Waals surface area (Å²) in [6, 6.07) is 7.59. The first-order valence-corrected chi connectivity index (χ1v) is 6.73. The first-order valence-electron chi connectivity index (χ1n) is 6.73. The molecule has 0 fully saturated rings. The first-order chi connectivity index (χ1) is 10.2. The van der Waals surface area contributed by atoms with Crippen LogP contribution in [0.3, 0.4) is 0 Å². The monoisotopic (exact) mass is 289 g/mol. The lowest BCUT2D eigenvalue weighted by molar-refractivity contribution is 0.282. The molecule has 2 aromatic rings. The van der Waals surface area contributed by atoms with Crippen LogP contribution in [0, 0.1) is 0 Å². The number of anilines is 1. The number of hydrogen-bond donors (Lipinski definition) is 1. The largest absolute Gasteiger partial charge is 0.497 e. The summed E-state index contributed by atoms with van der Waals surface area (Å²) >= 11 is 0. The van der Waals surface area contributed by atoms with Gasteiger partial charge in [-0.3, -0.25) is 0 Å². The lowest BCUT2D eigenvalue weighted by Gasteiger charge is -2.11. The van der Waals surface area contributed by atoms with Crippen LogP contribution in [0.4, 0.5) is 5.69 Å². The Morgan fingerprint density at radius 2 is 1.71 bits per heavy atom. The van der Waals surface area contributed by atoms with Crippen molar-refractivity contribution in [1.82, 2.24) is 9.97 Å². The normalized spacial score (nSPS) is 10.2. The number of nitrogens with zero attached hydrogens (tertiary/aromatic N) is 2. The van der Waals surface area contributed by atoms with Crippen molar-refractivity contribution in [2.45, 2.75) is 20.0 Å². The van der Waals surface area contributed by atoms with Gasteiger partial charge < -0.3 is 19.9 Å². The van der Waals surface area contributed by atoms with Gasteiger partial charge in [0, 0.05) is 0 Å². The molecule has 6 heteroatoms. The molecule has 6 nitrogen and oxygen atoms in total. The number of aromatic nitrogens is 2. The van der Waals surface area contributed by atoms with Crippen LogP contribution < -0.4 is 19.9 Å². The molecule has 0 saturated heterocycles. The predicted octanol–water partition coefficient (Wildman–Crippen LogP) is 2.44. The summed E-state index contributed by atoms with van der Waals surface area (Å²) in [5, 5.41) is 0. The second-order valence-corrected chi connectivity index (χ2v) is 4.38. The van der Waals surface area contributed by atoms with E-state index in [-0.39, 0.29) is 0 Å². The lowest BCUT2D eigenvalue weighted by Crippen LogP contribution is -2.06. The minimum Gasteiger partial charge on any atom is -0.497 e. The topological polar surface area (TPSA) is 79.5 Å². The van der Waals surface area contributed by atoms with Gasteiger partial charge in [-0.05, 0) is 24.1 Å². The SMILES string of the molecule is CCCOc1ncnc(OCc2ccc(OC)cc2)c1N. The minimum atomic E-state index is 0.319. The van der Waals surface area contributed by atoms with E-state index in [4.69, 9.17) is 19.9 Å². The highest BCUT2D eigenvalue weighted by Crippen LogP contribution is 2.27. The molecule has 2 rings (SSSR count). The fraction of sp³-hybridized carbons (Fsp3) is 0.333. The Hall–Kier alpha value is -2.50. The van der Waals surface area contributed by atoms with Gasteiger partial charge in [-0.2, -0.15) is 9.97 Å². The number of rotatable bonds is 7. The predicted molar refractivity (Wildman–Crippen MR) is 79.6 cm³/mol. The molecule has 0 aliphatic rings. The zero-order valence-electron chi connectivity index (χ0n) is 12.2. The number of methoxy groups -OCH3 is 1. The fourth-order valence-electron chi connectivity index (χ4n) is 1.67. The summed E-state index contributed by atoms with van der Waals surface area (Å²) in [6.45, 7) is 2.93. The van der Waals surface area contributed by atoms with Crippen LogP contribution in [0.2, 0.25) is 0 Å². The second-order valence-electron chi connectivity index (χ2n) is 4.38. The van der Waals surface area contributed by atoms with Crippen molar-refractivity contribution >= 4 is 5.69 Å². The highest BCUT2D eigenvalue weighted by Gasteiger charge is 2.10. The zero-order chi connectivity index (χ0) is 15.1. The highest BCUT2D eigenvalue weighted by atomic mass is 16.5. The van der Waals surface area contributed by atoms with E-state index in [2.05, 4.69) is 9.97 Å². The van der Waals surface area contributed by atoms with E-state index in [1.807, 2.05) is 31.2 Å². The molecule has 21 heavy (non-hydrogen) atoms. The molecule has 112 valence electrons. The standard InChI is InChI=1S/C15H19N3O3/c1-3-8-20-14-13(16)15(18-10-17-14)21-9-11-4-6-12(19-2)7-5-11/h4-7,10H,3,8-9,16H2,1-2H3. The van der Waals surface area contributed by atoms with E-state index in [9.17, 15) is 0 Å². The number of nitrogen functional groups attached to an aromatic ring is 1. The molecular formula is C15H19N3O3. The van der Waals surface area contributed by atoms with Crippen LogP contribution in [-0.4, -0.2) is 23.7 Å². The molecule has 0 atom stereocenters. The molecule has 0 aliphatic carbocycles. The molecule has 1 aromatic heterocycles. The molecule has 0 bridgehead atoms. The van der Waals surface area contributed by atoms with Crippen molar-refractivity contribution in [2.24, 2.45) is 0 Å². The Balaban J connectivity index is 2.01. The molecular weight excluding hydrogens is 270 g/mol. The van der Waals surface area contributed by atoms with E-state index < -0.39 is 0 Å². The lowest BCUT2D eigenvalue weighted by atomic mass is 10.2. The molecule has 0 aliphatic heterocycles. The van der Waals surface area contributed by atoms with Crippen molar-refractivity contribution in [3.05, 3.63) is 36.2 Å². The zero-order valence-corrected chi connectivity index (χ0v) is 12.2. The van der Waals surface area contributed by atoms with Crippen LogP contribution in [-0.2, 0) is 6.61 Å². The number of nitrogens with two attached hydrogens (primary N) is 1. The van der Waals surface area contributed by atoms with Crippen LogP contribution in [0.1, 0.15) is 18.9 Å². The second kappa shape index (κ2) is 7.33. The highest BCUT2D eigenvalue weighted by molar-refractivity contribution is 5.55. The van der Waals surface area contributed by atoms with Gasteiger partial charge in [0.1, 0.15) is 18.7 Å². The molecule has 0 unspecified atom stereocenters. The van der Waals surface area contributed by atoms with Crippen LogP contribution in [0.15, 0.2) is 30.6 Å². The fourth-order valence-corrected chi connectivity index (χ4v) is 1.67. The molecule has 1 heterocycles. The van der Waals surface area contributed by atoms with E-state index in [0.717, 1.165) is 17.7 Å². The molecule has 0 radical (unpaired) electrons. The Morgan fingerprint density at radius 1 is 1.05 bits per heavy atom. The summed E-state index contributed by atoms with van der Waals surface area (Å²) in [5.74, 6) is 1.49. The van der Waals surface area contributed by atoms with Crippen molar-refractivity contribution in [3.8, 4) is 17.5 Å². The first kappa shape index (κ1) is 14.9. The third kappa shape index (κ3) is 3.98. The van der Waals surface area contributed by atoms with Crippen molar-refractivity contribution < 1.29 is 14.2 Å². The summed E-state index contributed by atoms with van der Waals surface area (Å²) < 4.78 is 16.2. The number of benzene rings is 1. The maximum absolute atomic E-state index is 5.94. The average molecular weight is 289 g/mol. The van der Waals surface area contributed by atoms with Gasteiger partial charge in [0.25, 0.3) is 0 Å². The quantitative estimate of drug-likeness (QED) is 0.843. The van der Waals surface area contributed by atoms with E-state index >= 15 is 0 Å². The van der Waals surface area contributed by atoms with Crippen LogP contribution >= 0.6 is 0 Å². The van der Waals surface area contributed by atoms with Gasteiger partial charge in [-0.15, -0.1) is 0 Å². The third-order valence-corrected chi connectivity index (χ3v) is 2.79. The summed E-state index contributed by atoms with van der Waals surface area (Å²) in [7, 11) is 1.63. The Kier molecular flexibility index (Phi) is 5.20. The third-order valence-electron chi connectivity index (χ3n) is 2.79. The smallest absolute Gasteiger partial charge is 0.244 e.